The first-order chi connectivity index (χ1) is 15.0. The summed E-state index contributed by atoms with van der Waals surface area (Å²) in [4.78, 5) is 16.6. The summed E-state index contributed by atoms with van der Waals surface area (Å²) < 4.78 is 17.8. The Morgan fingerprint density at radius 1 is 1.03 bits per heavy atom. The van der Waals surface area contributed by atoms with E-state index in [1.54, 1.807) is 13.2 Å². The summed E-state index contributed by atoms with van der Waals surface area (Å²) in [6.45, 7) is 2.49. The Hall–Kier alpha value is -3.13. The predicted molar refractivity (Wildman–Crippen MR) is 128 cm³/mol. The summed E-state index contributed by atoms with van der Waals surface area (Å²) >= 11 is 2.22. The molecule has 0 N–H and O–H groups in total. The highest BCUT2D eigenvalue weighted by Crippen LogP contribution is 2.30. The number of cyclic esters (lactones) is 1. The number of hydrogen-bond donors (Lipinski definition) is 0. The smallest absolute Gasteiger partial charge is 0.363 e. The van der Waals surface area contributed by atoms with Gasteiger partial charge >= 0.3 is 5.97 Å². The highest BCUT2D eigenvalue weighted by atomic mass is 127. The highest BCUT2D eigenvalue weighted by molar-refractivity contribution is 14.1. The van der Waals surface area contributed by atoms with Crippen LogP contribution in [0.15, 0.2) is 77.4 Å². The zero-order valence-corrected chi connectivity index (χ0v) is 19.3. The SMILES string of the molecule is COc1cc(/C=C2\N=C(c3ccc(I)cc3)OC2=O)ccc1OCc1cccc(C)c1. The van der Waals surface area contributed by atoms with Gasteiger partial charge in [-0.1, -0.05) is 35.9 Å². The van der Waals surface area contributed by atoms with Crippen molar-refractivity contribution in [1.29, 1.82) is 0 Å². The van der Waals surface area contributed by atoms with E-state index < -0.39 is 5.97 Å². The van der Waals surface area contributed by atoms with E-state index in [0.29, 0.717) is 24.0 Å². The number of carbonyl (C=O) groups excluding carboxylic acids is 1. The summed E-state index contributed by atoms with van der Waals surface area (Å²) in [5.41, 5.74) is 4.03. The average molecular weight is 525 g/mol. The third-order valence-electron chi connectivity index (χ3n) is 4.68. The average Bonchev–Trinajstić information content (AvgIpc) is 3.13. The van der Waals surface area contributed by atoms with Gasteiger partial charge in [-0.05, 0) is 83.1 Å². The molecule has 4 rings (SSSR count). The number of benzene rings is 3. The molecule has 1 heterocycles. The molecule has 0 radical (unpaired) electrons. The minimum absolute atomic E-state index is 0.240. The fourth-order valence-electron chi connectivity index (χ4n) is 3.14. The molecular weight excluding hydrogens is 505 g/mol. The maximum absolute atomic E-state index is 12.3. The van der Waals surface area contributed by atoms with E-state index in [1.165, 1.54) is 5.56 Å². The molecule has 0 aromatic heterocycles. The predicted octanol–water partition coefficient (Wildman–Crippen LogP) is 5.53. The Labute approximate surface area is 194 Å². The second kappa shape index (κ2) is 9.34. The first-order valence-electron chi connectivity index (χ1n) is 9.67. The van der Waals surface area contributed by atoms with Crippen molar-refractivity contribution in [3.8, 4) is 11.5 Å². The van der Waals surface area contributed by atoms with Crippen LogP contribution in [0.5, 0.6) is 11.5 Å². The van der Waals surface area contributed by atoms with Gasteiger partial charge in [0.1, 0.15) is 6.61 Å². The summed E-state index contributed by atoms with van der Waals surface area (Å²) in [5, 5.41) is 0. The third kappa shape index (κ3) is 5.14. The maximum atomic E-state index is 12.3. The molecule has 1 aliphatic heterocycles. The van der Waals surface area contributed by atoms with E-state index in [2.05, 4.69) is 33.6 Å². The van der Waals surface area contributed by atoms with E-state index in [0.717, 1.165) is 20.3 Å². The molecule has 6 heteroatoms. The number of nitrogens with zero attached hydrogens (tertiary/aromatic N) is 1. The number of hydrogen-bond acceptors (Lipinski definition) is 5. The molecule has 0 unspecified atom stereocenters. The molecule has 3 aromatic carbocycles. The van der Waals surface area contributed by atoms with Gasteiger partial charge in [-0.25, -0.2) is 9.79 Å². The molecule has 0 bridgehead atoms. The van der Waals surface area contributed by atoms with Crippen LogP contribution in [0.4, 0.5) is 0 Å². The summed E-state index contributed by atoms with van der Waals surface area (Å²) in [7, 11) is 1.59. The van der Waals surface area contributed by atoms with Crippen LogP contribution in [-0.2, 0) is 16.1 Å². The molecule has 3 aromatic rings. The van der Waals surface area contributed by atoms with Crippen molar-refractivity contribution in [3.05, 3.63) is 98.3 Å². The van der Waals surface area contributed by atoms with Gasteiger partial charge in [0, 0.05) is 9.13 Å². The van der Waals surface area contributed by atoms with E-state index in [4.69, 9.17) is 14.2 Å². The fourth-order valence-corrected chi connectivity index (χ4v) is 3.50. The summed E-state index contributed by atoms with van der Waals surface area (Å²) in [6.07, 6.45) is 1.68. The number of rotatable bonds is 6. The molecule has 0 atom stereocenters. The Bertz CT molecular complexity index is 1180. The van der Waals surface area contributed by atoms with Gasteiger partial charge in [-0.15, -0.1) is 0 Å². The lowest BCUT2D eigenvalue weighted by Gasteiger charge is -2.12. The first kappa shape index (κ1) is 21.1. The van der Waals surface area contributed by atoms with E-state index in [-0.39, 0.29) is 5.70 Å². The van der Waals surface area contributed by atoms with Crippen molar-refractivity contribution in [2.24, 2.45) is 4.99 Å². The number of ether oxygens (including phenoxy) is 3. The monoisotopic (exact) mass is 525 g/mol. The molecular formula is C25H20INO4. The van der Waals surface area contributed by atoms with Crippen LogP contribution in [0.25, 0.3) is 6.08 Å². The zero-order valence-electron chi connectivity index (χ0n) is 17.1. The topological polar surface area (TPSA) is 57.1 Å². The van der Waals surface area contributed by atoms with Crippen LogP contribution in [0.1, 0.15) is 22.3 Å². The lowest BCUT2D eigenvalue weighted by molar-refractivity contribution is -0.129. The number of aryl methyl sites for hydroxylation is 1. The largest absolute Gasteiger partial charge is 0.493 e. The maximum Gasteiger partial charge on any atom is 0.363 e. The molecule has 0 amide bonds. The normalized spacial score (nSPS) is 14.4. The Morgan fingerprint density at radius 2 is 1.84 bits per heavy atom. The summed E-state index contributed by atoms with van der Waals surface area (Å²) in [5.74, 6) is 1.03. The van der Waals surface area contributed by atoms with E-state index >= 15 is 0 Å². The lowest BCUT2D eigenvalue weighted by Crippen LogP contribution is -2.05. The molecule has 0 spiro atoms. The van der Waals surface area contributed by atoms with Crippen LogP contribution in [-0.4, -0.2) is 19.0 Å². The van der Waals surface area contributed by atoms with Gasteiger partial charge in [0.2, 0.25) is 5.90 Å². The second-order valence-corrected chi connectivity index (χ2v) is 8.28. The van der Waals surface area contributed by atoms with Crippen molar-refractivity contribution in [1.82, 2.24) is 0 Å². The minimum atomic E-state index is -0.479. The Balaban J connectivity index is 1.53. The van der Waals surface area contributed by atoms with Gasteiger partial charge in [0.05, 0.1) is 7.11 Å². The molecule has 0 aliphatic carbocycles. The molecule has 0 saturated carbocycles. The zero-order chi connectivity index (χ0) is 21.8. The van der Waals surface area contributed by atoms with Crippen molar-refractivity contribution < 1.29 is 19.0 Å². The number of halogens is 1. The van der Waals surface area contributed by atoms with Crippen molar-refractivity contribution in [2.75, 3.05) is 7.11 Å². The van der Waals surface area contributed by atoms with Crippen LogP contribution < -0.4 is 9.47 Å². The van der Waals surface area contributed by atoms with Crippen molar-refractivity contribution in [2.45, 2.75) is 13.5 Å². The minimum Gasteiger partial charge on any atom is -0.493 e. The van der Waals surface area contributed by atoms with Crippen LogP contribution in [0.2, 0.25) is 0 Å². The van der Waals surface area contributed by atoms with Crippen molar-refractivity contribution >= 4 is 40.5 Å². The van der Waals surface area contributed by atoms with Gasteiger partial charge in [-0.2, -0.15) is 0 Å². The van der Waals surface area contributed by atoms with Gasteiger partial charge < -0.3 is 14.2 Å². The fraction of sp³-hybridized carbons (Fsp3) is 0.120. The third-order valence-corrected chi connectivity index (χ3v) is 5.40. The Kier molecular flexibility index (Phi) is 6.36. The molecule has 156 valence electrons. The summed E-state index contributed by atoms with van der Waals surface area (Å²) in [6, 6.07) is 21.3. The quantitative estimate of drug-likeness (QED) is 0.241. The van der Waals surface area contributed by atoms with Crippen LogP contribution in [0, 0.1) is 10.5 Å². The second-order valence-electron chi connectivity index (χ2n) is 7.03. The highest BCUT2D eigenvalue weighted by Gasteiger charge is 2.24. The van der Waals surface area contributed by atoms with E-state index in [9.17, 15) is 4.79 Å². The molecule has 5 nitrogen and oxygen atoms in total. The lowest BCUT2D eigenvalue weighted by atomic mass is 10.1. The van der Waals surface area contributed by atoms with Gasteiger partial charge in [-0.3, -0.25) is 0 Å². The number of aliphatic imine (C=N–C) groups is 1. The number of esters is 1. The molecule has 1 aliphatic rings. The van der Waals surface area contributed by atoms with Crippen LogP contribution in [0.3, 0.4) is 0 Å². The number of carbonyl (C=O) groups is 1. The standard InChI is InChI=1S/C25H20INO4/c1-16-4-3-5-18(12-16)15-30-22-11-6-17(14-23(22)29-2)13-21-25(28)31-24(27-21)19-7-9-20(26)10-8-19/h3-14H,15H2,1-2H3/b21-13-. The first-order valence-corrected chi connectivity index (χ1v) is 10.7. The number of methoxy groups -OCH3 is 1. The van der Waals surface area contributed by atoms with E-state index in [1.807, 2.05) is 67.6 Å². The molecule has 0 fully saturated rings. The van der Waals surface area contributed by atoms with Crippen LogP contribution >= 0.6 is 22.6 Å². The Morgan fingerprint density at radius 3 is 2.58 bits per heavy atom. The van der Waals surface area contributed by atoms with Gasteiger partial charge in [0.25, 0.3) is 0 Å². The van der Waals surface area contributed by atoms with Gasteiger partial charge in [0.15, 0.2) is 17.2 Å². The molecule has 31 heavy (non-hydrogen) atoms. The van der Waals surface area contributed by atoms with Crippen molar-refractivity contribution in [3.63, 3.8) is 0 Å². The molecule has 0 saturated heterocycles.